The van der Waals surface area contributed by atoms with Gasteiger partial charge in [-0.05, 0) is 29.6 Å². The van der Waals surface area contributed by atoms with Crippen LogP contribution in [0.1, 0.15) is 25.7 Å². The van der Waals surface area contributed by atoms with Crippen molar-refractivity contribution in [3.05, 3.63) is 57.2 Å². The van der Waals surface area contributed by atoms with E-state index in [9.17, 15) is 14.4 Å². The number of ether oxygens (including phenoxy) is 2. The Bertz CT molecular complexity index is 1080. The van der Waals surface area contributed by atoms with E-state index in [1.807, 2.05) is 5.38 Å². The quantitative estimate of drug-likeness (QED) is 0.520. The van der Waals surface area contributed by atoms with Gasteiger partial charge in [-0.2, -0.15) is 0 Å². The van der Waals surface area contributed by atoms with Gasteiger partial charge in [0.1, 0.15) is 13.2 Å². The van der Waals surface area contributed by atoms with Crippen molar-refractivity contribution in [2.75, 3.05) is 18.5 Å². The second-order valence-electron chi connectivity index (χ2n) is 6.11. The van der Waals surface area contributed by atoms with Crippen molar-refractivity contribution in [2.24, 2.45) is 0 Å². The molecule has 0 saturated carbocycles. The minimum absolute atomic E-state index is 0.0488. The molecular weight excluding hydrogens is 428 g/mol. The summed E-state index contributed by atoms with van der Waals surface area (Å²) in [5.41, 5.74) is 5.51. The van der Waals surface area contributed by atoms with E-state index >= 15 is 0 Å². The molecule has 3 aromatic rings. The standard InChI is InChI=1S/C19H16N4O5S2/c24-16(9-12-10-30-19(20-12)21-18(26)15-2-1-7-29-15)22-23-17(25)11-3-4-13-14(8-11)28-6-5-27-13/h1-4,7-8,10H,5-6,9H2,(H,22,24)(H,23,25)(H,20,21,26). The smallest absolute Gasteiger partial charge is 0.269 e. The Labute approximate surface area is 179 Å². The first kappa shape index (κ1) is 19.9. The van der Waals surface area contributed by atoms with Crippen LogP contribution in [0.4, 0.5) is 5.13 Å². The number of hydrogen-bond acceptors (Lipinski definition) is 8. The molecule has 3 heterocycles. The van der Waals surface area contributed by atoms with Gasteiger partial charge >= 0.3 is 0 Å². The Morgan fingerprint density at radius 1 is 1.00 bits per heavy atom. The van der Waals surface area contributed by atoms with E-state index in [0.717, 1.165) is 0 Å². The molecule has 11 heteroatoms. The number of amides is 3. The summed E-state index contributed by atoms with van der Waals surface area (Å²) in [4.78, 5) is 41.2. The first-order valence-electron chi connectivity index (χ1n) is 8.86. The predicted molar refractivity (Wildman–Crippen MR) is 111 cm³/mol. The average molecular weight is 444 g/mol. The summed E-state index contributed by atoms with van der Waals surface area (Å²) < 4.78 is 10.9. The van der Waals surface area contributed by atoms with Gasteiger partial charge in [0.2, 0.25) is 5.91 Å². The largest absolute Gasteiger partial charge is 0.486 e. The average Bonchev–Trinajstić information content (AvgIpc) is 3.44. The van der Waals surface area contributed by atoms with Gasteiger partial charge in [-0.1, -0.05) is 6.07 Å². The fourth-order valence-electron chi connectivity index (χ4n) is 2.60. The van der Waals surface area contributed by atoms with Crippen LogP contribution in [-0.2, 0) is 11.2 Å². The Kier molecular flexibility index (Phi) is 5.91. The lowest BCUT2D eigenvalue weighted by Crippen LogP contribution is -2.42. The number of aromatic nitrogens is 1. The molecule has 1 aromatic carbocycles. The highest BCUT2D eigenvalue weighted by atomic mass is 32.1. The third-order valence-electron chi connectivity index (χ3n) is 3.98. The lowest BCUT2D eigenvalue weighted by atomic mass is 10.2. The lowest BCUT2D eigenvalue weighted by Gasteiger charge is -2.18. The number of hydrogen-bond donors (Lipinski definition) is 3. The molecule has 0 spiro atoms. The van der Waals surface area contributed by atoms with E-state index in [1.54, 1.807) is 35.7 Å². The van der Waals surface area contributed by atoms with Crippen LogP contribution in [0, 0.1) is 0 Å². The number of carbonyl (C=O) groups is 3. The molecule has 2 aromatic heterocycles. The van der Waals surface area contributed by atoms with E-state index in [4.69, 9.17) is 9.47 Å². The Morgan fingerprint density at radius 3 is 2.63 bits per heavy atom. The van der Waals surface area contributed by atoms with Crippen LogP contribution in [0.15, 0.2) is 41.1 Å². The van der Waals surface area contributed by atoms with Crippen LogP contribution >= 0.6 is 22.7 Å². The van der Waals surface area contributed by atoms with Crippen molar-refractivity contribution in [3.63, 3.8) is 0 Å². The number of nitrogens with zero attached hydrogens (tertiary/aromatic N) is 1. The molecule has 30 heavy (non-hydrogen) atoms. The summed E-state index contributed by atoms with van der Waals surface area (Å²) in [5.74, 6) is -0.112. The molecule has 3 amide bonds. The third kappa shape index (κ3) is 4.75. The van der Waals surface area contributed by atoms with Crippen molar-refractivity contribution in [1.29, 1.82) is 0 Å². The molecule has 0 bridgehead atoms. The minimum Gasteiger partial charge on any atom is -0.486 e. The molecule has 154 valence electrons. The van der Waals surface area contributed by atoms with Gasteiger partial charge in [0.05, 0.1) is 17.0 Å². The molecule has 9 nitrogen and oxygen atoms in total. The zero-order chi connectivity index (χ0) is 20.9. The SMILES string of the molecule is O=C(Cc1csc(NC(=O)c2cccs2)n1)NNC(=O)c1ccc2c(c1)OCCO2. The van der Waals surface area contributed by atoms with Crippen LogP contribution in [-0.4, -0.2) is 35.9 Å². The molecule has 0 saturated heterocycles. The minimum atomic E-state index is -0.484. The highest BCUT2D eigenvalue weighted by Crippen LogP contribution is 2.30. The topological polar surface area (TPSA) is 119 Å². The van der Waals surface area contributed by atoms with Crippen molar-refractivity contribution in [3.8, 4) is 11.5 Å². The van der Waals surface area contributed by atoms with Gasteiger partial charge in [-0.15, -0.1) is 22.7 Å². The molecule has 1 aliphatic heterocycles. The molecule has 0 fully saturated rings. The highest BCUT2D eigenvalue weighted by molar-refractivity contribution is 7.14. The maximum Gasteiger partial charge on any atom is 0.269 e. The normalized spacial score (nSPS) is 12.1. The predicted octanol–water partition coefficient (Wildman–Crippen LogP) is 2.23. The maximum atomic E-state index is 12.2. The van der Waals surface area contributed by atoms with Crippen LogP contribution in [0.3, 0.4) is 0 Å². The first-order chi connectivity index (χ1) is 14.6. The molecule has 0 radical (unpaired) electrons. The molecular formula is C19H16N4O5S2. The van der Waals surface area contributed by atoms with Crippen molar-refractivity contribution >= 4 is 45.5 Å². The summed E-state index contributed by atoms with van der Waals surface area (Å²) in [7, 11) is 0. The van der Waals surface area contributed by atoms with Crippen LogP contribution in [0.2, 0.25) is 0 Å². The maximum absolute atomic E-state index is 12.2. The third-order valence-corrected chi connectivity index (χ3v) is 5.65. The summed E-state index contributed by atoms with van der Waals surface area (Å²) in [6.45, 7) is 0.878. The molecule has 4 rings (SSSR count). The number of rotatable bonds is 5. The molecule has 1 aliphatic rings. The monoisotopic (exact) mass is 444 g/mol. The molecule has 3 N–H and O–H groups in total. The number of anilines is 1. The summed E-state index contributed by atoms with van der Waals surface area (Å²) >= 11 is 2.55. The van der Waals surface area contributed by atoms with E-state index in [1.165, 1.54) is 22.7 Å². The van der Waals surface area contributed by atoms with Gasteiger partial charge in [-0.25, -0.2) is 4.98 Å². The number of fused-ring (bicyclic) bond motifs is 1. The first-order valence-corrected chi connectivity index (χ1v) is 10.6. The van der Waals surface area contributed by atoms with Crippen LogP contribution in [0.25, 0.3) is 0 Å². The lowest BCUT2D eigenvalue weighted by molar-refractivity contribution is -0.121. The van der Waals surface area contributed by atoms with Crippen molar-refractivity contribution in [1.82, 2.24) is 15.8 Å². The number of benzene rings is 1. The number of hydrazine groups is 1. The molecule has 0 atom stereocenters. The Hall–Kier alpha value is -3.44. The highest BCUT2D eigenvalue weighted by Gasteiger charge is 2.16. The summed E-state index contributed by atoms with van der Waals surface area (Å²) in [5, 5.41) is 6.57. The van der Waals surface area contributed by atoms with Gasteiger partial charge < -0.3 is 9.47 Å². The van der Waals surface area contributed by atoms with Gasteiger partial charge in [0.15, 0.2) is 16.6 Å². The number of thiazole rings is 1. The number of thiophene rings is 1. The van der Waals surface area contributed by atoms with Gasteiger partial charge in [0.25, 0.3) is 11.8 Å². The zero-order valence-corrected chi connectivity index (χ0v) is 17.1. The second kappa shape index (κ2) is 8.93. The van der Waals surface area contributed by atoms with Crippen molar-refractivity contribution < 1.29 is 23.9 Å². The Morgan fingerprint density at radius 2 is 1.83 bits per heavy atom. The van der Waals surface area contributed by atoms with E-state index in [0.29, 0.717) is 46.0 Å². The summed E-state index contributed by atoms with van der Waals surface area (Å²) in [6, 6.07) is 8.28. The van der Waals surface area contributed by atoms with E-state index in [-0.39, 0.29) is 12.3 Å². The van der Waals surface area contributed by atoms with Gasteiger partial charge in [-0.3, -0.25) is 30.6 Å². The second-order valence-corrected chi connectivity index (χ2v) is 7.92. The van der Waals surface area contributed by atoms with E-state index < -0.39 is 11.8 Å². The number of nitrogens with one attached hydrogen (secondary N) is 3. The van der Waals surface area contributed by atoms with E-state index in [2.05, 4.69) is 21.2 Å². The van der Waals surface area contributed by atoms with Gasteiger partial charge in [0, 0.05) is 10.9 Å². The molecule has 0 aliphatic carbocycles. The molecule has 0 unspecified atom stereocenters. The number of carbonyl (C=O) groups excluding carboxylic acids is 3. The Balaban J connectivity index is 1.27. The van der Waals surface area contributed by atoms with Crippen LogP contribution < -0.4 is 25.6 Å². The fraction of sp³-hybridized carbons (Fsp3) is 0.158. The van der Waals surface area contributed by atoms with Crippen molar-refractivity contribution in [2.45, 2.75) is 6.42 Å². The zero-order valence-electron chi connectivity index (χ0n) is 15.5. The van der Waals surface area contributed by atoms with Crippen LogP contribution in [0.5, 0.6) is 11.5 Å². The summed E-state index contributed by atoms with van der Waals surface area (Å²) in [6.07, 6.45) is -0.0488. The fourth-order valence-corrected chi connectivity index (χ4v) is 3.93.